The molecule has 2 saturated heterocycles. The molecule has 0 aromatic heterocycles. The first-order valence-electron chi connectivity index (χ1n) is 6.13. The fraction of sp³-hybridized carbons (Fsp3) is 1.00. The van der Waals surface area contributed by atoms with Gasteiger partial charge in [0.1, 0.15) is 6.10 Å². The molecule has 2 fully saturated rings. The molecule has 0 bridgehead atoms. The van der Waals surface area contributed by atoms with Crippen molar-refractivity contribution in [3.63, 3.8) is 0 Å². The lowest BCUT2D eigenvalue weighted by Gasteiger charge is -2.37. The first-order valence-corrected chi connectivity index (χ1v) is 6.13. The summed E-state index contributed by atoms with van der Waals surface area (Å²) in [6.07, 6.45) is 0.0804. The van der Waals surface area contributed by atoms with E-state index in [-0.39, 0.29) is 18.3 Å². The quantitative estimate of drug-likeness (QED) is 0.762. The first-order chi connectivity index (χ1) is 7.37. The van der Waals surface area contributed by atoms with Crippen LogP contribution in [0.25, 0.3) is 0 Å². The Balaban J connectivity index is 1.99. The van der Waals surface area contributed by atoms with Gasteiger partial charge in [-0.05, 0) is 26.7 Å². The lowest BCUT2D eigenvalue weighted by molar-refractivity contribution is -0.147. The molecule has 4 nitrogen and oxygen atoms in total. The summed E-state index contributed by atoms with van der Waals surface area (Å²) in [5.41, 5.74) is 0. The molecular weight excluding hydrogens is 206 g/mol. The van der Waals surface area contributed by atoms with Crippen molar-refractivity contribution in [2.75, 3.05) is 19.6 Å². The van der Waals surface area contributed by atoms with Crippen LogP contribution in [0.15, 0.2) is 0 Å². The van der Waals surface area contributed by atoms with Crippen molar-refractivity contribution in [2.24, 2.45) is 5.92 Å². The third-order valence-electron chi connectivity index (χ3n) is 3.29. The van der Waals surface area contributed by atoms with Crippen molar-refractivity contribution in [1.82, 2.24) is 4.90 Å². The van der Waals surface area contributed by atoms with Gasteiger partial charge in [0.15, 0.2) is 5.79 Å². The smallest absolute Gasteiger partial charge is 0.163 e. The van der Waals surface area contributed by atoms with Crippen LogP contribution in [-0.4, -0.2) is 53.7 Å². The Morgan fingerprint density at radius 1 is 1.38 bits per heavy atom. The molecule has 0 saturated carbocycles. The third-order valence-corrected chi connectivity index (χ3v) is 3.29. The summed E-state index contributed by atoms with van der Waals surface area (Å²) >= 11 is 0. The topological polar surface area (TPSA) is 41.9 Å². The van der Waals surface area contributed by atoms with E-state index in [4.69, 9.17) is 9.47 Å². The fourth-order valence-electron chi connectivity index (χ4n) is 2.85. The number of β-amino-alcohol motifs (C(OH)–C–C–N with tert-alkyl or cyclic N) is 1. The second-order valence-electron chi connectivity index (χ2n) is 5.68. The Labute approximate surface area is 97.5 Å². The monoisotopic (exact) mass is 229 g/mol. The molecule has 4 atom stereocenters. The fourth-order valence-corrected chi connectivity index (χ4v) is 2.85. The maximum absolute atomic E-state index is 9.42. The minimum atomic E-state index is -0.454. The summed E-state index contributed by atoms with van der Waals surface area (Å²) in [6, 6.07) is 0. The average Bonchev–Trinajstić information content (AvgIpc) is 2.38. The number of likely N-dealkylation sites (tertiary alicyclic amines) is 1. The van der Waals surface area contributed by atoms with Crippen molar-refractivity contribution in [1.29, 1.82) is 0 Å². The third kappa shape index (κ3) is 2.56. The zero-order chi connectivity index (χ0) is 11.9. The molecule has 4 heteroatoms. The highest BCUT2D eigenvalue weighted by molar-refractivity contribution is 4.92. The van der Waals surface area contributed by atoms with E-state index in [1.807, 2.05) is 20.8 Å². The van der Waals surface area contributed by atoms with Gasteiger partial charge in [-0.2, -0.15) is 0 Å². The number of aliphatic hydroxyl groups excluding tert-OH is 1. The first kappa shape index (κ1) is 12.3. The predicted molar refractivity (Wildman–Crippen MR) is 61.1 cm³/mol. The standard InChI is InChI=1S/C12H23NO3/c1-8-5-13(6-9(2)14)7-10-11(8)16-12(3,4)15-10/h8-11,14H,5-7H2,1-4H3. The van der Waals surface area contributed by atoms with E-state index in [0.717, 1.165) is 19.6 Å². The van der Waals surface area contributed by atoms with Crippen molar-refractivity contribution in [3.8, 4) is 0 Å². The SMILES string of the molecule is CC(O)CN1CC(C)C2OC(C)(C)OC2C1. The van der Waals surface area contributed by atoms with Crippen LogP contribution in [0, 0.1) is 5.92 Å². The van der Waals surface area contributed by atoms with Gasteiger partial charge in [0.05, 0.1) is 12.2 Å². The molecule has 0 aromatic carbocycles. The minimum absolute atomic E-state index is 0.150. The van der Waals surface area contributed by atoms with Gasteiger partial charge in [-0.1, -0.05) is 6.92 Å². The Kier molecular flexibility index (Phi) is 3.27. The zero-order valence-corrected chi connectivity index (χ0v) is 10.6. The molecule has 0 amide bonds. The van der Waals surface area contributed by atoms with Gasteiger partial charge in [-0.3, -0.25) is 4.90 Å². The van der Waals surface area contributed by atoms with Gasteiger partial charge in [0, 0.05) is 19.6 Å². The summed E-state index contributed by atoms with van der Waals surface area (Å²) in [4.78, 5) is 2.27. The molecule has 2 aliphatic rings. The van der Waals surface area contributed by atoms with Crippen molar-refractivity contribution in [3.05, 3.63) is 0 Å². The van der Waals surface area contributed by atoms with Gasteiger partial charge < -0.3 is 14.6 Å². The van der Waals surface area contributed by atoms with E-state index >= 15 is 0 Å². The number of hydrogen-bond acceptors (Lipinski definition) is 4. The van der Waals surface area contributed by atoms with E-state index in [2.05, 4.69) is 11.8 Å². The number of nitrogens with zero attached hydrogens (tertiary/aromatic N) is 1. The van der Waals surface area contributed by atoms with E-state index < -0.39 is 5.79 Å². The highest BCUT2D eigenvalue weighted by Crippen LogP contribution is 2.35. The second kappa shape index (κ2) is 4.26. The highest BCUT2D eigenvalue weighted by Gasteiger charge is 2.47. The van der Waals surface area contributed by atoms with Gasteiger partial charge in [0.25, 0.3) is 0 Å². The summed E-state index contributed by atoms with van der Waals surface area (Å²) in [7, 11) is 0. The molecule has 94 valence electrons. The van der Waals surface area contributed by atoms with E-state index in [1.54, 1.807) is 0 Å². The summed E-state index contributed by atoms with van der Waals surface area (Å²) in [6.45, 7) is 10.5. The van der Waals surface area contributed by atoms with Crippen LogP contribution in [0.5, 0.6) is 0 Å². The van der Waals surface area contributed by atoms with Crippen LogP contribution in [0.1, 0.15) is 27.7 Å². The molecule has 2 rings (SSSR count). The zero-order valence-electron chi connectivity index (χ0n) is 10.6. The Morgan fingerprint density at radius 3 is 2.69 bits per heavy atom. The van der Waals surface area contributed by atoms with Crippen molar-refractivity contribution in [2.45, 2.75) is 51.8 Å². The number of fused-ring (bicyclic) bond motifs is 1. The molecule has 4 unspecified atom stereocenters. The van der Waals surface area contributed by atoms with Crippen molar-refractivity contribution < 1.29 is 14.6 Å². The molecule has 16 heavy (non-hydrogen) atoms. The largest absolute Gasteiger partial charge is 0.392 e. The molecule has 0 radical (unpaired) electrons. The van der Waals surface area contributed by atoms with E-state index in [0.29, 0.717) is 5.92 Å². The normalized spacial score (nSPS) is 40.7. The molecule has 0 aromatic rings. The molecule has 0 aliphatic carbocycles. The Hall–Kier alpha value is -0.160. The number of aliphatic hydroxyl groups is 1. The number of rotatable bonds is 2. The number of hydrogen-bond donors (Lipinski definition) is 1. The molecule has 1 N–H and O–H groups in total. The maximum Gasteiger partial charge on any atom is 0.163 e. The Morgan fingerprint density at radius 2 is 2.06 bits per heavy atom. The lowest BCUT2D eigenvalue weighted by Crippen LogP contribution is -2.51. The van der Waals surface area contributed by atoms with Crippen LogP contribution >= 0.6 is 0 Å². The van der Waals surface area contributed by atoms with Crippen molar-refractivity contribution >= 4 is 0 Å². The van der Waals surface area contributed by atoms with Crippen LogP contribution in [-0.2, 0) is 9.47 Å². The molecular formula is C12H23NO3. The van der Waals surface area contributed by atoms with Crippen LogP contribution < -0.4 is 0 Å². The Bertz CT molecular complexity index is 255. The minimum Gasteiger partial charge on any atom is -0.392 e. The molecule has 2 aliphatic heterocycles. The number of ether oxygens (including phenoxy) is 2. The summed E-state index contributed by atoms with van der Waals surface area (Å²) in [5, 5.41) is 9.42. The van der Waals surface area contributed by atoms with Gasteiger partial charge in [-0.15, -0.1) is 0 Å². The number of piperidine rings is 1. The summed E-state index contributed by atoms with van der Waals surface area (Å²) < 4.78 is 11.8. The molecule has 0 spiro atoms. The highest BCUT2D eigenvalue weighted by atomic mass is 16.8. The van der Waals surface area contributed by atoms with Crippen LogP contribution in [0.3, 0.4) is 0 Å². The lowest BCUT2D eigenvalue weighted by atomic mass is 9.94. The second-order valence-corrected chi connectivity index (χ2v) is 5.68. The van der Waals surface area contributed by atoms with Crippen LogP contribution in [0.4, 0.5) is 0 Å². The average molecular weight is 229 g/mol. The summed E-state index contributed by atoms with van der Waals surface area (Å²) in [5.74, 6) is 0.00373. The van der Waals surface area contributed by atoms with Gasteiger partial charge in [-0.25, -0.2) is 0 Å². The molecule has 2 heterocycles. The van der Waals surface area contributed by atoms with E-state index in [1.165, 1.54) is 0 Å². The predicted octanol–water partition coefficient (Wildman–Crippen LogP) is 0.839. The van der Waals surface area contributed by atoms with Gasteiger partial charge >= 0.3 is 0 Å². The van der Waals surface area contributed by atoms with E-state index in [9.17, 15) is 5.11 Å². The van der Waals surface area contributed by atoms with Gasteiger partial charge in [0.2, 0.25) is 0 Å². The van der Waals surface area contributed by atoms with Crippen LogP contribution in [0.2, 0.25) is 0 Å². The maximum atomic E-state index is 9.42.